The van der Waals surface area contributed by atoms with Gasteiger partial charge in [0.25, 0.3) is 10.0 Å². The minimum Gasteiger partial charge on any atom is -0.302 e. The molecule has 1 fully saturated rings. The lowest BCUT2D eigenvalue weighted by molar-refractivity contribution is -0.120. The van der Waals surface area contributed by atoms with Crippen molar-refractivity contribution in [3.63, 3.8) is 0 Å². The van der Waals surface area contributed by atoms with Gasteiger partial charge in [-0.2, -0.15) is 4.31 Å². The van der Waals surface area contributed by atoms with E-state index in [9.17, 15) is 18.0 Å². The van der Waals surface area contributed by atoms with E-state index in [-0.39, 0.29) is 18.2 Å². The number of amides is 1. The smallest absolute Gasteiger partial charge is 0.252 e. The number of nitrogens with zero attached hydrogens (tertiary/aromatic N) is 2. The lowest BCUT2D eigenvalue weighted by Gasteiger charge is -2.30. The second kappa shape index (κ2) is 7.55. The number of sulfonamides is 1. The van der Waals surface area contributed by atoms with Crippen molar-refractivity contribution in [1.82, 2.24) is 9.29 Å². The summed E-state index contributed by atoms with van der Waals surface area (Å²) >= 11 is 2.42. The van der Waals surface area contributed by atoms with E-state index in [4.69, 9.17) is 0 Å². The third kappa shape index (κ3) is 4.03. The number of aryl methyl sites for hydroxylation is 1. The van der Waals surface area contributed by atoms with Crippen LogP contribution in [0.1, 0.15) is 35.1 Å². The van der Waals surface area contributed by atoms with E-state index in [0.29, 0.717) is 34.4 Å². The Morgan fingerprint density at radius 3 is 2.73 bits per heavy atom. The van der Waals surface area contributed by atoms with Crippen molar-refractivity contribution in [2.45, 2.75) is 30.9 Å². The predicted octanol–water partition coefficient (Wildman–Crippen LogP) is 2.76. The SMILES string of the molecule is CC(=O)c1csc(NC(=O)[C@@H]2CCCN(S(=O)(=O)c3ccc(C)s3)C2)n1. The van der Waals surface area contributed by atoms with Crippen LogP contribution in [0.4, 0.5) is 5.13 Å². The van der Waals surface area contributed by atoms with E-state index < -0.39 is 15.9 Å². The van der Waals surface area contributed by atoms with Crippen molar-refractivity contribution >= 4 is 49.5 Å². The molecule has 140 valence electrons. The summed E-state index contributed by atoms with van der Waals surface area (Å²) in [5, 5.41) is 4.65. The summed E-state index contributed by atoms with van der Waals surface area (Å²) in [6.07, 6.45) is 1.24. The molecule has 7 nitrogen and oxygen atoms in total. The summed E-state index contributed by atoms with van der Waals surface area (Å²) in [6.45, 7) is 3.83. The molecule has 1 aliphatic heterocycles. The topological polar surface area (TPSA) is 96.4 Å². The maximum absolute atomic E-state index is 12.8. The summed E-state index contributed by atoms with van der Waals surface area (Å²) in [6, 6.07) is 3.39. The van der Waals surface area contributed by atoms with Crippen LogP contribution in [-0.4, -0.2) is 42.5 Å². The summed E-state index contributed by atoms with van der Waals surface area (Å²) < 4.78 is 27.2. The molecule has 1 saturated heterocycles. The normalized spacial score (nSPS) is 18.6. The lowest BCUT2D eigenvalue weighted by atomic mass is 9.99. The number of anilines is 1. The fourth-order valence-corrected chi connectivity index (χ4v) is 6.47. The molecule has 1 aliphatic rings. The van der Waals surface area contributed by atoms with Gasteiger partial charge in [-0.15, -0.1) is 22.7 Å². The Bertz CT molecular complexity index is 932. The van der Waals surface area contributed by atoms with Gasteiger partial charge in [0.2, 0.25) is 5.91 Å². The highest BCUT2D eigenvalue weighted by molar-refractivity contribution is 7.91. The summed E-state index contributed by atoms with van der Waals surface area (Å²) in [5.74, 6) is -0.871. The number of nitrogens with one attached hydrogen (secondary N) is 1. The van der Waals surface area contributed by atoms with E-state index >= 15 is 0 Å². The second-order valence-electron chi connectivity index (χ2n) is 6.15. The molecule has 1 atom stereocenters. The standard InChI is InChI=1S/C16H19N3O4S3/c1-10-5-6-14(25-10)26(22,23)19-7-3-4-12(8-19)15(21)18-16-17-13(9-24-16)11(2)20/h5-6,9,12H,3-4,7-8H2,1-2H3,(H,17,18,21)/t12-/m1/s1. The number of carbonyl (C=O) groups excluding carboxylic acids is 2. The lowest BCUT2D eigenvalue weighted by Crippen LogP contribution is -2.43. The average Bonchev–Trinajstić information content (AvgIpc) is 3.24. The van der Waals surface area contributed by atoms with E-state index in [1.54, 1.807) is 17.5 Å². The molecule has 0 aliphatic carbocycles. The summed E-state index contributed by atoms with van der Waals surface area (Å²) in [4.78, 5) is 28.8. The third-order valence-corrected chi connectivity index (χ3v) is 8.25. The maximum Gasteiger partial charge on any atom is 0.252 e. The van der Waals surface area contributed by atoms with E-state index in [1.807, 2.05) is 6.92 Å². The van der Waals surface area contributed by atoms with Gasteiger partial charge in [-0.1, -0.05) is 0 Å². The van der Waals surface area contributed by atoms with Crippen LogP contribution in [0.15, 0.2) is 21.7 Å². The van der Waals surface area contributed by atoms with Crippen LogP contribution in [0.3, 0.4) is 0 Å². The summed E-state index contributed by atoms with van der Waals surface area (Å²) in [7, 11) is -3.57. The molecular weight excluding hydrogens is 394 g/mol. The third-order valence-electron chi connectivity index (χ3n) is 4.16. The molecule has 1 N–H and O–H groups in total. The Labute approximate surface area is 160 Å². The average molecular weight is 414 g/mol. The highest BCUT2D eigenvalue weighted by Gasteiger charge is 2.34. The van der Waals surface area contributed by atoms with Gasteiger partial charge in [0, 0.05) is 30.3 Å². The van der Waals surface area contributed by atoms with Crippen LogP contribution in [0.5, 0.6) is 0 Å². The van der Waals surface area contributed by atoms with Crippen molar-refractivity contribution in [2.75, 3.05) is 18.4 Å². The predicted molar refractivity (Wildman–Crippen MR) is 101 cm³/mol. The van der Waals surface area contributed by atoms with Gasteiger partial charge in [0.05, 0.1) is 5.92 Å². The molecule has 0 radical (unpaired) electrons. The Morgan fingerprint density at radius 2 is 2.12 bits per heavy atom. The Balaban J connectivity index is 1.69. The number of aromatic nitrogens is 1. The zero-order valence-electron chi connectivity index (χ0n) is 14.4. The monoisotopic (exact) mass is 413 g/mol. The van der Waals surface area contributed by atoms with Crippen LogP contribution < -0.4 is 5.32 Å². The number of piperidine rings is 1. The summed E-state index contributed by atoms with van der Waals surface area (Å²) in [5.41, 5.74) is 0.311. The highest BCUT2D eigenvalue weighted by Crippen LogP contribution is 2.29. The van der Waals surface area contributed by atoms with Crippen molar-refractivity contribution < 1.29 is 18.0 Å². The molecule has 3 rings (SSSR count). The minimum atomic E-state index is -3.57. The molecule has 2 aromatic rings. The number of ketones is 1. The minimum absolute atomic E-state index is 0.149. The van der Waals surface area contributed by atoms with Gasteiger partial charge in [-0.25, -0.2) is 13.4 Å². The number of hydrogen-bond donors (Lipinski definition) is 1. The number of Topliss-reactive ketones (excluding diaryl/α,β-unsaturated/α-hetero) is 1. The van der Waals surface area contributed by atoms with Gasteiger partial charge < -0.3 is 5.32 Å². The van der Waals surface area contributed by atoms with Crippen LogP contribution in [0.2, 0.25) is 0 Å². The fraction of sp³-hybridized carbons (Fsp3) is 0.438. The Kier molecular flexibility index (Phi) is 5.56. The first kappa shape index (κ1) is 19.2. The van der Waals surface area contributed by atoms with Crippen molar-refractivity contribution in [2.24, 2.45) is 5.92 Å². The Hall–Kier alpha value is -1.62. The van der Waals surface area contributed by atoms with Gasteiger partial charge in [0.1, 0.15) is 9.90 Å². The van der Waals surface area contributed by atoms with Crippen molar-refractivity contribution in [3.05, 3.63) is 28.1 Å². The fourth-order valence-electron chi connectivity index (χ4n) is 2.75. The first-order valence-corrected chi connectivity index (χ1v) is 11.2. The molecule has 0 saturated carbocycles. The van der Waals surface area contributed by atoms with Crippen LogP contribution in [0.25, 0.3) is 0 Å². The molecule has 26 heavy (non-hydrogen) atoms. The van der Waals surface area contributed by atoms with Gasteiger partial charge >= 0.3 is 0 Å². The van der Waals surface area contributed by atoms with E-state index in [1.165, 1.54) is 33.9 Å². The van der Waals surface area contributed by atoms with Crippen LogP contribution in [-0.2, 0) is 14.8 Å². The molecule has 0 unspecified atom stereocenters. The van der Waals surface area contributed by atoms with E-state index in [0.717, 1.165) is 4.88 Å². The Morgan fingerprint density at radius 1 is 1.35 bits per heavy atom. The zero-order valence-corrected chi connectivity index (χ0v) is 16.8. The number of thiophene rings is 1. The zero-order chi connectivity index (χ0) is 18.9. The number of hydrogen-bond acceptors (Lipinski definition) is 7. The number of carbonyl (C=O) groups is 2. The van der Waals surface area contributed by atoms with Gasteiger partial charge in [-0.05, 0) is 31.9 Å². The molecule has 2 aromatic heterocycles. The molecule has 3 heterocycles. The second-order valence-corrected chi connectivity index (χ2v) is 10.5. The number of thiazole rings is 1. The molecule has 0 bridgehead atoms. The molecular formula is C16H19N3O4S3. The molecule has 1 amide bonds. The molecule has 0 spiro atoms. The first-order chi connectivity index (χ1) is 12.3. The van der Waals surface area contributed by atoms with Crippen LogP contribution >= 0.6 is 22.7 Å². The van der Waals surface area contributed by atoms with Gasteiger partial charge in [-0.3, -0.25) is 9.59 Å². The van der Waals surface area contributed by atoms with E-state index in [2.05, 4.69) is 10.3 Å². The molecule has 10 heteroatoms. The maximum atomic E-state index is 12.8. The quantitative estimate of drug-likeness (QED) is 0.760. The molecule has 0 aromatic carbocycles. The first-order valence-electron chi connectivity index (χ1n) is 8.11. The van der Waals surface area contributed by atoms with Gasteiger partial charge in [0.15, 0.2) is 10.9 Å². The largest absolute Gasteiger partial charge is 0.302 e. The highest BCUT2D eigenvalue weighted by atomic mass is 32.2. The van der Waals surface area contributed by atoms with Crippen molar-refractivity contribution in [3.8, 4) is 0 Å². The number of rotatable bonds is 5. The van der Waals surface area contributed by atoms with Crippen LogP contribution in [0, 0.1) is 12.8 Å². The van der Waals surface area contributed by atoms with Crippen molar-refractivity contribution in [1.29, 1.82) is 0 Å².